The minimum Gasteiger partial charge on any atom is -0.370 e. The van der Waals surface area contributed by atoms with Crippen molar-refractivity contribution in [2.24, 2.45) is 5.73 Å². The fourth-order valence-electron chi connectivity index (χ4n) is 1.17. The summed E-state index contributed by atoms with van der Waals surface area (Å²) in [5, 5.41) is 0. The first-order valence-electron chi connectivity index (χ1n) is 4.47. The Bertz CT molecular complexity index is 244. The summed E-state index contributed by atoms with van der Waals surface area (Å²) in [6, 6.07) is 10.8. The second-order valence-electron chi connectivity index (χ2n) is 3.44. The zero-order chi connectivity index (χ0) is 9.73. The van der Waals surface area contributed by atoms with Crippen molar-refractivity contribution >= 4 is 0 Å². The average molecular weight is 178 g/mol. The normalized spacial score (nSPS) is 11.6. The third-order valence-corrected chi connectivity index (χ3v) is 1.98. The van der Waals surface area contributed by atoms with Gasteiger partial charge in [0, 0.05) is 6.54 Å². The van der Waals surface area contributed by atoms with Crippen molar-refractivity contribution in [3.8, 4) is 0 Å². The number of ether oxygens (including phenoxy) is 1. The van der Waals surface area contributed by atoms with Crippen LogP contribution in [-0.4, -0.2) is 13.2 Å². The van der Waals surface area contributed by atoms with E-state index in [0.717, 1.165) is 5.56 Å². The predicted octanol–water partition coefficient (Wildman–Crippen LogP) is 1.70. The summed E-state index contributed by atoms with van der Waals surface area (Å²) in [6.45, 7) is 5.21. The molecule has 0 aromatic heterocycles. The summed E-state index contributed by atoms with van der Waals surface area (Å²) < 4.78 is 5.62. The molecular weight excluding hydrogens is 162 g/mol. The Kier molecular flexibility index (Phi) is 3.46. The third-order valence-electron chi connectivity index (χ3n) is 1.98. The molecule has 0 heterocycles. The van der Waals surface area contributed by atoms with Gasteiger partial charge in [0.2, 0.25) is 0 Å². The maximum atomic E-state index is 5.62. The molecule has 1 radical (unpaired) electrons. The van der Waals surface area contributed by atoms with Crippen LogP contribution in [0.15, 0.2) is 24.3 Å². The highest BCUT2D eigenvalue weighted by atomic mass is 16.5. The number of rotatable bonds is 4. The van der Waals surface area contributed by atoms with Crippen molar-refractivity contribution in [2.45, 2.75) is 19.4 Å². The predicted molar refractivity (Wildman–Crippen MR) is 53.3 cm³/mol. The molecule has 0 unspecified atom stereocenters. The fourth-order valence-corrected chi connectivity index (χ4v) is 1.17. The summed E-state index contributed by atoms with van der Waals surface area (Å²) in [5.74, 6) is 0. The van der Waals surface area contributed by atoms with Gasteiger partial charge in [-0.15, -0.1) is 0 Å². The molecule has 71 valence electrons. The van der Waals surface area contributed by atoms with Crippen molar-refractivity contribution in [1.29, 1.82) is 0 Å². The molecule has 1 aromatic rings. The Morgan fingerprint density at radius 3 is 2.85 bits per heavy atom. The first-order valence-corrected chi connectivity index (χ1v) is 4.47. The first kappa shape index (κ1) is 10.2. The highest BCUT2D eigenvalue weighted by molar-refractivity contribution is 5.19. The molecule has 1 aromatic carbocycles. The van der Waals surface area contributed by atoms with Crippen molar-refractivity contribution < 1.29 is 4.74 Å². The third kappa shape index (κ3) is 2.83. The van der Waals surface area contributed by atoms with Crippen LogP contribution < -0.4 is 5.73 Å². The smallest absolute Gasteiger partial charge is 0.0876 e. The largest absolute Gasteiger partial charge is 0.370 e. The molecule has 1 rings (SSSR count). The lowest BCUT2D eigenvalue weighted by atomic mass is 9.98. The maximum absolute atomic E-state index is 5.62. The summed E-state index contributed by atoms with van der Waals surface area (Å²) in [5.41, 5.74) is 6.24. The molecule has 0 aliphatic heterocycles. The lowest BCUT2D eigenvalue weighted by Gasteiger charge is -2.25. The molecule has 0 bridgehead atoms. The summed E-state index contributed by atoms with van der Waals surface area (Å²) in [4.78, 5) is 0. The van der Waals surface area contributed by atoms with Crippen molar-refractivity contribution in [3.05, 3.63) is 35.9 Å². The number of hydrogen-bond acceptors (Lipinski definition) is 2. The standard InChI is InChI=1S/C11H16NO/c1-11(2,13-9-8-12)10-6-4-3-5-7-10/h3-4,6-7H,8-9,12H2,1-2H3. The van der Waals surface area contributed by atoms with Gasteiger partial charge in [0.1, 0.15) is 0 Å². The van der Waals surface area contributed by atoms with E-state index < -0.39 is 0 Å². The van der Waals surface area contributed by atoms with E-state index in [4.69, 9.17) is 10.5 Å². The molecular formula is C11H16NO. The lowest BCUT2D eigenvalue weighted by Crippen LogP contribution is -2.24. The summed E-state index contributed by atoms with van der Waals surface area (Å²) in [7, 11) is 0. The van der Waals surface area contributed by atoms with Gasteiger partial charge >= 0.3 is 0 Å². The van der Waals surface area contributed by atoms with E-state index in [1.165, 1.54) is 0 Å². The molecule has 0 saturated carbocycles. The Balaban J connectivity index is 2.69. The highest BCUT2D eigenvalue weighted by Gasteiger charge is 2.19. The van der Waals surface area contributed by atoms with Gasteiger partial charge in [0.15, 0.2) is 0 Å². The molecule has 0 aliphatic rings. The number of nitrogens with two attached hydrogens (primary N) is 1. The minimum absolute atomic E-state index is 0.267. The Labute approximate surface area is 79.7 Å². The second kappa shape index (κ2) is 4.40. The fraction of sp³-hybridized carbons (Fsp3) is 0.455. The lowest BCUT2D eigenvalue weighted by molar-refractivity contribution is -0.0171. The summed E-state index contributed by atoms with van der Waals surface area (Å²) in [6.07, 6.45) is 0. The monoisotopic (exact) mass is 178 g/mol. The Hall–Kier alpha value is -0.860. The molecule has 2 heteroatoms. The van der Waals surface area contributed by atoms with Gasteiger partial charge in [-0.05, 0) is 31.5 Å². The highest BCUT2D eigenvalue weighted by Crippen LogP contribution is 2.23. The van der Waals surface area contributed by atoms with Crippen LogP contribution in [0.5, 0.6) is 0 Å². The quantitative estimate of drug-likeness (QED) is 0.761. The molecule has 0 aliphatic carbocycles. The SMILES string of the molecule is CC(C)(OCCN)c1c[c]ccc1. The number of hydrogen-bond donors (Lipinski definition) is 1. The van der Waals surface area contributed by atoms with E-state index in [2.05, 4.69) is 6.07 Å². The van der Waals surface area contributed by atoms with Crippen LogP contribution in [0.2, 0.25) is 0 Å². The molecule has 2 nitrogen and oxygen atoms in total. The van der Waals surface area contributed by atoms with E-state index in [-0.39, 0.29) is 5.60 Å². The van der Waals surface area contributed by atoms with Crippen molar-refractivity contribution in [2.75, 3.05) is 13.2 Å². The van der Waals surface area contributed by atoms with E-state index >= 15 is 0 Å². The zero-order valence-electron chi connectivity index (χ0n) is 8.21. The van der Waals surface area contributed by atoms with Crippen LogP contribution in [-0.2, 0) is 10.3 Å². The summed E-state index contributed by atoms with van der Waals surface area (Å²) >= 11 is 0. The second-order valence-corrected chi connectivity index (χ2v) is 3.44. The first-order chi connectivity index (χ1) is 6.17. The van der Waals surface area contributed by atoms with Gasteiger partial charge in [0.05, 0.1) is 12.2 Å². The average Bonchev–Trinajstić information content (AvgIpc) is 2.16. The molecule has 2 N–H and O–H groups in total. The van der Waals surface area contributed by atoms with Crippen molar-refractivity contribution in [1.82, 2.24) is 0 Å². The van der Waals surface area contributed by atoms with Crippen LogP contribution >= 0.6 is 0 Å². The number of benzene rings is 1. The molecule has 0 fully saturated rings. The Morgan fingerprint density at radius 1 is 1.54 bits per heavy atom. The van der Waals surface area contributed by atoms with Gasteiger partial charge in [0.25, 0.3) is 0 Å². The van der Waals surface area contributed by atoms with E-state index in [9.17, 15) is 0 Å². The molecule has 0 spiro atoms. The van der Waals surface area contributed by atoms with Crippen LogP contribution in [0, 0.1) is 6.07 Å². The van der Waals surface area contributed by atoms with Crippen LogP contribution in [0.3, 0.4) is 0 Å². The molecule has 0 atom stereocenters. The molecule has 0 amide bonds. The van der Waals surface area contributed by atoms with Gasteiger partial charge in [-0.3, -0.25) is 0 Å². The van der Waals surface area contributed by atoms with E-state index in [1.807, 2.05) is 38.1 Å². The van der Waals surface area contributed by atoms with Crippen molar-refractivity contribution in [3.63, 3.8) is 0 Å². The van der Waals surface area contributed by atoms with Crippen LogP contribution in [0.4, 0.5) is 0 Å². The Morgan fingerprint density at radius 2 is 2.31 bits per heavy atom. The minimum atomic E-state index is -0.267. The van der Waals surface area contributed by atoms with Gasteiger partial charge in [-0.2, -0.15) is 0 Å². The zero-order valence-corrected chi connectivity index (χ0v) is 8.21. The van der Waals surface area contributed by atoms with Gasteiger partial charge in [-0.1, -0.05) is 18.2 Å². The van der Waals surface area contributed by atoms with E-state index in [0.29, 0.717) is 13.2 Å². The maximum Gasteiger partial charge on any atom is 0.0876 e. The van der Waals surface area contributed by atoms with E-state index in [1.54, 1.807) is 0 Å². The molecule has 0 saturated heterocycles. The van der Waals surface area contributed by atoms with Crippen LogP contribution in [0.1, 0.15) is 19.4 Å². The van der Waals surface area contributed by atoms with Gasteiger partial charge in [-0.25, -0.2) is 0 Å². The van der Waals surface area contributed by atoms with Crippen LogP contribution in [0.25, 0.3) is 0 Å². The van der Waals surface area contributed by atoms with Gasteiger partial charge < -0.3 is 10.5 Å². The molecule has 13 heavy (non-hydrogen) atoms. The topological polar surface area (TPSA) is 35.2 Å².